The molecule has 0 aliphatic heterocycles. The number of carboxylic acid groups (broad SMARTS) is 1. The number of carboxylic acids is 1. The summed E-state index contributed by atoms with van der Waals surface area (Å²) in [7, 11) is 0. The molecular weight excluding hydrogens is 404 g/mol. The zero-order chi connectivity index (χ0) is 22.9. The number of allylic oxidation sites excluding steroid dienone is 4. The van der Waals surface area contributed by atoms with Crippen LogP contribution in [0.5, 0.6) is 0 Å². The van der Waals surface area contributed by atoms with Crippen LogP contribution in [-0.2, 0) is 14.4 Å². The Kier molecular flexibility index (Phi) is 5.09. The number of fused-ring (bicyclic) bond motifs is 5. The Morgan fingerprint density at radius 2 is 1.94 bits per heavy atom. The fraction of sp³-hybridized carbons (Fsp3) is 0.696. The minimum absolute atomic E-state index is 0.0164. The fourth-order valence-corrected chi connectivity index (χ4v) is 7.30. The molecule has 0 saturated heterocycles. The summed E-state index contributed by atoms with van der Waals surface area (Å²) in [5.74, 6) is -3.26. The Hall–Kier alpha value is -1.87. The van der Waals surface area contributed by atoms with Crippen molar-refractivity contribution in [1.82, 2.24) is 0 Å². The topological polar surface area (TPSA) is 152 Å². The molecule has 3 saturated carbocycles. The van der Waals surface area contributed by atoms with Gasteiger partial charge in [0.15, 0.2) is 17.2 Å². The molecule has 8 nitrogen and oxygen atoms in total. The van der Waals surface area contributed by atoms with Crippen LogP contribution in [0.25, 0.3) is 0 Å². The molecule has 3 fully saturated rings. The molecule has 9 atom stereocenters. The second-order valence-electron chi connectivity index (χ2n) is 10.2. The van der Waals surface area contributed by atoms with Gasteiger partial charge in [0.05, 0.1) is 18.6 Å². The van der Waals surface area contributed by atoms with Crippen LogP contribution in [0.3, 0.4) is 0 Å². The van der Waals surface area contributed by atoms with E-state index in [9.17, 15) is 34.8 Å². The highest BCUT2D eigenvalue weighted by molar-refractivity contribution is 6.01. The van der Waals surface area contributed by atoms with Gasteiger partial charge in [-0.15, -0.1) is 0 Å². The Morgan fingerprint density at radius 3 is 2.58 bits per heavy atom. The third kappa shape index (κ3) is 2.92. The molecule has 0 heterocycles. The number of hydrogen-bond acceptors (Lipinski definition) is 7. The summed E-state index contributed by atoms with van der Waals surface area (Å²) < 4.78 is 0. The predicted molar refractivity (Wildman–Crippen MR) is 108 cm³/mol. The van der Waals surface area contributed by atoms with Gasteiger partial charge in [-0.05, 0) is 49.7 Å². The first-order valence-electron chi connectivity index (χ1n) is 10.8. The van der Waals surface area contributed by atoms with Gasteiger partial charge in [0.1, 0.15) is 6.10 Å². The van der Waals surface area contributed by atoms with E-state index in [1.54, 1.807) is 13.0 Å². The van der Waals surface area contributed by atoms with E-state index in [4.69, 9.17) is 5.11 Å². The van der Waals surface area contributed by atoms with E-state index in [1.807, 2.05) is 13.0 Å². The standard InChI is InChI=1S/C23H30O8/c1-21-6-5-12(24)7-11(21)3-4-13-14-8-17(27)23(31,20(30)15(25)9-18(28)29)22(14,2)10-16(26)19(13)21/h5-7,13-17,19,25-27,31H,3-4,8-10H2,1-2H3,(H,28,29)/t13-,14-,15?,16-,17+,19+,21-,22-,23-/m0/s1. The molecule has 31 heavy (non-hydrogen) atoms. The van der Waals surface area contributed by atoms with Crippen LogP contribution in [0.2, 0.25) is 0 Å². The van der Waals surface area contributed by atoms with Crippen molar-refractivity contribution >= 4 is 17.5 Å². The Labute approximate surface area is 180 Å². The number of ketones is 2. The maximum Gasteiger partial charge on any atom is 0.306 e. The lowest BCUT2D eigenvalue weighted by Gasteiger charge is -2.59. The molecule has 1 unspecified atom stereocenters. The quantitative estimate of drug-likeness (QED) is 0.426. The first-order valence-corrected chi connectivity index (χ1v) is 10.8. The number of Topliss-reactive ketones (excluding diaryl/α,β-unsaturated/α-hetero) is 1. The number of aliphatic hydroxyl groups excluding tert-OH is 3. The molecule has 0 amide bonds. The molecular formula is C23H30O8. The van der Waals surface area contributed by atoms with E-state index in [0.29, 0.717) is 12.8 Å². The number of aliphatic carboxylic acids is 1. The van der Waals surface area contributed by atoms with Gasteiger partial charge in [0, 0.05) is 16.7 Å². The molecule has 0 aromatic heterocycles. The van der Waals surface area contributed by atoms with E-state index in [2.05, 4.69) is 0 Å². The zero-order valence-electron chi connectivity index (χ0n) is 17.7. The highest BCUT2D eigenvalue weighted by atomic mass is 16.4. The molecule has 5 N–H and O–H groups in total. The van der Waals surface area contributed by atoms with Crippen LogP contribution >= 0.6 is 0 Å². The van der Waals surface area contributed by atoms with Crippen molar-refractivity contribution < 1.29 is 39.9 Å². The van der Waals surface area contributed by atoms with Gasteiger partial charge in [0.2, 0.25) is 0 Å². The molecule has 4 rings (SSSR count). The fourth-order valence-electron chi connectivity index (χ4n) is 7.30. The van der Waals surface area contributed by atoms with Gasteiger partial charge >= 0.3 is 5.97 Å². The molecule has 4 aliphatic rings. The summed E-state index contributed by atoms with van der Waals surface area (Å²) in [6.45, 7) is 3.64. The van der Waals surface area contributed by atoms with Crippen molar-refractivity contribution in [1.29, 1.82) is 0 Å². The van der Waals surface area contributed by atoms with Crippen molar-refractivity contribution in [3.8, 4) is 0 Å². The summed E-state index contributed by atoms with van der Waals surface area (Å²) in [6.07, 6.45) is 1.18. The number of rotatable bonds is 4. The van der Waals surface area contributed by atoms with Crippen molar-refractivity contribution in [3.63, 3.8) is 0 Å². The second kappa shape index (κ2) is 7.07. The molecule has 0 aromatic carbocycles. The smallest absolute Gasteiger partial charge is 0.306 e. The monoisotopic (exact) mass is 434 g/mol. The van der Waals surface area contributed by atoms with Gasteiger partial charge in [-0.1, -0.05) is 25.5 Å². The number of aliphatic hydroxyl groups is 4. The molecule has 0 radical (unpaired) electrons. The SMILES string of the molecule is C[C@]12C=CC(=O)C=C1CC[C@@H]1[C@@H]2[C@@H](O)C[C@@]2(C)[C@H]1C[C@@H](O)[C@]2(O)C(=O)C(O)CC(=O)O. The van der Waals surface area contributed by atoms with E-state index in [0.717, 1.165) is 5.57 Å². The van der Waals surface area contributed by atoms with E-state index >= 15 is 0 Å². The summed E-state index contributed by atoms with van der Waals surface area (Å²) in [5.41, 5.74) is -3.15. The minimum atomic E-state index is -2.35. The molecule has 0 spiro atoms. The predicted octanol–water partition coefficient (Wildman–Crippen LogP) is 0.372. The molecule has 170 valence electrons. The van der Waals surface area contributed by atoms with Crippen LogP contribution in [0, 0.1) is 28.6 Å². The van der Waals surface area contributed by atoms with Crippen LogP contribution in [0.15, 0.2) is 23.8 Å². The van der Waals surface area contributed by atoms with Gasteiger partial charge in [-0.25, -0.2) is 0 Å². The van der Waals surface area contributed by atoms with Crippen molar-refractivity contribution in [2.75, 3.05) is 0 Å². The van der Waals surface area contributed by atoms with Gasteiger partial charge in [-0.2, -0.15) is 0 Å². The third-order valence-electron chi connectivity index (χ3n) is 8.76. The Bertz CT molecular complexity index is 892. The molecule has 8 heteroatoms. The highest BCUT2D eigenvalue weighted by Gasteiger charge is 2.72. The molecule has 0 bridgehead atoms. The maximum absolute atomic E-state index is 13.0. The van der Waals surface area contributed by atoms with Crippen LogP contribution in [0.1, 0.15) is 46.0 Å². The first kappa shape index (κ1) is 22.3. The normalized spacial score (nSPS) is 47.1. The number of hydrogen-bond donors (Lipinski definition) is 5. The zero-order valence-corrected chi connectivity index (χ0v) is 17.7. The molecule has 4 aliphatic carbocycles. The average Bonchev–Trinajstić information content (AvgIpc) is 2.88. The number of carbonyl (C=O) groups excluding carboxylic acids is 2. The van der Waals surface area contributed by atoms with Crippen molar-refractivity contribution in [2.24, 2.45) is 28.6 Å². The summed E-state index contributed by atoms with van der Waals surface area (Å²) in [4.78, 5) is 35.9. The second-order valence-corrected chi connectivity index (χ2v) is 10.2. The first-order chi connectivity index (χ1) is 14.4. The van der Waals surface area contributed by atoms with Crippen LogP contribution in [0.4, 0.5) is 0 Å². The highest BCUT2D eigenvalue weighted by Crippen LogP contribution is 2.67. The maximum atomic E-state index is 13.0. The van der Waals surface area contributed by atoms with Crippen molar-refractivity contribution in [3.05, 3.63) is 23.8 Å². The number of carbonyl (C=O) groups is 3. The Balaban J connectivity index is 1.72. The summed E-state index contributed by atoms with van der Waals surface area (Å²) >= 11 is 0. The average molecular weight is 434 g/mol. The third-order valence-corrected chi connectivity index (χ3v) is 8.76. The lowest BCUT2D eigenvalue weighted by atomic mass is 9.46. The van der Waals surface area contributed by atoms with E-state index in [-0.39, 0.29) is 36.4 Å². The molecule has 0 aromatic rings. The lowest BCUT2D eigenvalue weighted by Crippen LogP contribution is -2.65. The largest absolute Gasteiger partial charge is 0.481 e. The Morgan fingerprint density at radius 1 is 1.26 bits per heavy atom. The van der Waals surface area contributed by atoms with E-state index in [1.165, 1.54) is 6.08 Å². The van der Waals surface area contributed by atoms with Crippen LogP contribution < -0.4 is 0 Å². The van der Waals surface area contributed by atoms with Gasteiger partial charge < -0.3 is 25.5 Å². The van der Waals surface area contributed by atoms with E-state index < -0.39 is 52.9 Å². The minimum Gasteiger partial charge on any atom is -0.481 e. The summed E-state index contributed by atoms with van der Waals surface area (Å²) in [6, 6.07) is 0. The van der Waals surface area contributed by atoms with Crippen molar-refractivity contribution in [2.45, 2.75) is 69.9 Å². The lowest BCUT2D eigenvalue weighted by molar-refractivity contribution is -0.195. The summed E-state index contributed by atoms with van der Waals surface area (Å²) in [5, 5.41) is 52.6. The van der Waals surface area contributed by atoms with Gasteiger partial charge in [0.25, 0.3) is 0 Å². The van der Waals surface area contributed by atoms with Gasteiger partial charge in [-0.3, -0.25) is 14.4 Å². The van der Waals surface area contributed by atoms with Crippen LogP contribution in [-0.4, -0.2) is 67.0 Å².